The minimum Gasteiger partial charge on any atom is -0.274 e. The fourth-order valence-electron chi connectivity index (χ4n) is 3.29. The Balaban J connectivity index is 1.88. The van der Waals surface area contributed by atoms with Gasteiger partial charge in [0.25, 0.3) is 5.56 Å². The van der Waals surface area contributed by atoms with E-state index in [0.29, 0.717) is 16.6 Å². The van der Waals surface area contributed by atoms with Crippen LogP contribution in [0.2, 0.25) is 5.15 Å². The number of hydrogen-bond acceptors (Lipinski definition) is 5. The molecule has 0 bridgehead atoms. The van der Waals surface area contributed by atoms with Gasteiger partial charge in [-0.15, -0.1) is 0 Å². The van der Waals surface area contributed by atoms with Crippen LogP contribution in [-0.4, -0.2) is 41.4 Å². The maximum atomic E-state index is 13.3. The van der Waals surface area contributed by atoms with E-state index in [4.69, 9.17) is 11.6 Å². The summed E-state index contributed by atoms with van der Waals surface area (Å²) in [6.45, 7) is 0. The van der Waals surface area contributed by atoms with Gasteiger partial charge < -0.3 is 0 Å². The summed E-state index contributed by atoms with van der Waals surface area (Å²) in [6.07, 6.45) is -2.15. The molecule has 0 aliphatic rings. The van der Waals surface area contributed by atoms with E-state index in [1.165, 1.54) is 38.5 Å². The number of halogens is 4. The number of rotatable bonds is 5. The zero-order valence-corrected chi connectivity index (χ0v) is 19.8. The monoisotopic (exact) mass is 523 g/mol. The van der Waals surface area contributed by atoms with Crippen molar-refractivity contribution in [2.75, 3.05) is 18.8 Å². The molecule has 35 heavy (non-hydrogen) atoms. The molecule has 13 heteroatoms. The lowest BCUT2D eigenvalue weighted by molar-refractivity contribution is -0.137. The van der Waals surface area contributed by atoms with Gasteiger partial charge in [-0.25, -0.2) is 9.97 Å². The lowest BCUT2D eigenvalue weighted by Crippen LogP contribution is -2.29. The smallest absolute Gasteiger partial charge is 0.274 e. The van der Waals surface area contributed by atoms with E-state index in [1.807, 2.05) is 0 Å². The summed E-state index contributed by atoms with van der Waals surface area (Å²) in [5.74, 6) is 0. The number of pyridine rings is 1. The summed E-state index contributed by atoms with van der Waals surface area (Å²) >= 11 is 6.06. The molecule has 2 aromatic heterocycles. The van der Waals surface area contributed by atoms with Gasteiger partial charge in [-0.3, -0.25) is 14.1 Å². The van der Waals surface area contributed by atoms with Gasteiger partial charge in [-0.05, 0) is 42.0 Å². The number of hydrogen-bond donors (Lipinski definition) is 1. The van der Waals surface area contributed by atoms with Crippen molar-refractivity contribution in [3.05, 3.63) is 82.0 Å². The number of nitrogens with one attached hydrogen (secondary N) is 1. The molecule has 2 heterocycles. The molecule has 0 spiro atoms. The molecule has 0 aliphatic heterocycles. The minimum atomic E-state index is -4.58. The van der Waals surface area contributed by atoms with Crippen molar-refractivity contribution in [1.29, 1.82) is 0 Å². The Morgan fingerprint density at radius 1 is 1.00 bits per heavy atom. The highest BCUT2D eigenvalue weighted by atomic mass is 35.5. The summed E-state index contributed by atoms with van der Waals surface area (Å²) in [5, 5.41) is -0.0810. The third kappa shape index (κ3) is 4.99. The Morgan fingerprint density at radius 2 is 1.74 bits per heavy atom. The summed E-state index contributed by atoms with van der Waals surface area (Å²) in [5.41, 5.74) is 0.0773. The van der Waals surface area contributed by atoms with Crippen LogP contribution in [0, 0.1) is 0 Å². The molecule has 4 rings (SSSR count). The summed E-state index contributed by atoms with van der Waals surface area (Å²) in [7, 11) is -1.17. The van der Waals surface area contributed by atoms with Crippen molar-refractivity contribution in [1.82, 2.24) is 18.8 Å². The van der Waals surface area contributed by atoms with Crippen molar-refractivity contribution >= 4 is 38.5 Å². The molecule has 0 fully saturated rings. The molecular formula is C22H17ClF3N5O3S. The summed E-state index contributed by atoms with van der Waals surface area (Å²) in [4.78, 5) is 20.8. The van der Waals surface area contributed by atoms with Crippen molar-refractivity contribution < 1.29 is 21.6 Å². The third-order valence-corrected chi connectivity index (χ3v) is 6.82. The zero-order valence-electron chi connectivity index (χ0n) is 18.2. The number of aromatic nitrogens is 3. The number of benzene rings is 2. The molecule has 0 atom stereocenters. The molecule has 0 unspecified atom stereocenters. The predicted molar refractivity (Wildman–Crippen MR) is 127 cm³/mol. The number of alkyl halides is 3. The van der Waals surface area contributed by atoms with Gasteiger partial charge >= 0.3 is 16.4 Å². The average Bonchev–Trinajstić information content (AvgIpc) is 2.79. The average molecular weight is 524 g/mol. The van der Waals surface area contributed by atoms with Gasteiger partial charge in [0.05, 0.1) is 28.5 Å². The molecule has 1 N–H and O–H groups in total. The van der Waals surface area contributed by atoms with Crippen LogP contribution in [0.1, 0.15) is 5.56 Å². The van der Waals surface area contributed by atoms with Crippen LogP contribution in [0.3, 0.4) is 0 Å². The second kappa shape index (κ2) is 8.95. The van der Waals surface area contributed by atoms with Crippen LogP contribution in [0.4, 0.5) is 18.9 Å². The first-order valence-electron chi connectivity index (χ1n) is 9.92. The highest BCUT2D eigenvalue weighted by Crippen LogP contribution is 2.32. The molecule has 0 saturated carbocycles. The molecular weight excluding hydrogens is 507 g/mol. The molecule has 8 nitrogen and oxygen atoms in total. The number of anilines is 1. The Kier molecular flexibility index (Phi) is 6.30. The molecule has 0 aliphatic carbocycles. The second-order valence-corrected chi connectivity index (χ2v) is 9.88. The van der Waals surface area contributed by atoms with Crippen molar-refractivity contribution in [3.8, 4) is 16.8 Å². The topological polar surface area (TPSA) is 97.2 Å². The van der Waals surface area contributed by atoms with E-state index in [9.17, 15) is 26.4 Å². The van der Waals surface area contributed by atoms with E-state index in [2.05, 4.69) is 14.7 Å². The second-order valence-electron chi connectivity index (χ2n) is 7.64. The Labute approximate surface area is 202 Å². The first-order valence-corrected chi connectivity index (χ1v) is 11.7. The third-order valence-electron chi connectivity index (χ3n) is 5.07. The van der Waals surface area contributed by atoms with Crippen LogP contribution in [0.15, 0.2) is 65.7 Å². The largest absolute Gasteiger partial charge is 0.416 e. The van der Waals surface area contributed by atoms with Crippen molar-refractivity contribution in [2.24, 2.45) is 0 Å². The maximum Gasteiger partial charge on any atom is 0.416 e. The van der Waals surface area contributed by atoms with E-state index in [0.717, 1.165) is 27.2 Å². The molecule has 4 aromatic rings. The molecule has 2 aromatic carbocycles. The van der Waals surface area contributed by atoms with E-state index in [-0.39, 0.29) is 22.0 Å². The molecule has 182 valence electrons. The van der Waals surface area contributed by atoms with Crippen LogP contribution in [-0.2, 0) is 16.4 Å². The summed E-state index contributed by atoms with van der Waals surface area (Å²) in [6, 6.07) is 10.7. The first-order chi connectivity index (χ1) is 16.4. The summed E-state index contributed by atoms with van der Waals surface area (Å²) < 4.78 is 68.6. The molecule has 0 amide bonds. The zero-order chi connectivity index (χ0) is 25.5. The van der Waals surface area contributed by atoms with Gasteiger partial charge in [-0.2, -0.15) is 25.9 Å². The number of nitrogens with zero attached hydrogens (tertiary/aromatic N) is 4. The Bertz CT molecular complexity index is 1600. The molecule has 0 radical (unpaired) electrons. The van der Waals surface area contributed by atoms with Crippen LogP contribution >= 0.6 is 11.6 Å². The SMILES string of the molecule is CN(C)S(=O)(=O)Nc1cc(-c2ccc3ncc(=O)n(-c4cccc(C(F)(F)F)c4)c3c2)cnc1Cl. The fourth-order valence-corrected chi connectivity index (χ4v) is 4.11. The van der Waals surface area contributed by atoms with Crippen molar-refractivity contribution in [3.63, 3.8) is 0 Å². The highest BCUT2D eigenvalue weighted by Gasteiger charge is 2.30. The van der Waals surface area contributed by atoms with E-state index >= 15 is 0 Å². The van der Waals surface area contributed by atoms with Gasteiger partial charge in [0.2, 0.25) is 0 Å². The van der Waals surface area contributed by atoms with Crippen LogP contribution in [0.5, 0.6) is 0 Å². The fraction of sp³-hybridized carbons (Fsp3) is 0.136. The minimum absolute atomic E-state index is 0.0167. The Hall–Kier alpha value is -3.48. The van der Waals surface area contributed by atoms with E-state index in [1.54, 1.807) is 18.2 Å². The quantitative estimate of drug-likeness (QED) is 0.393. The normalized spacial score (nSPS) is 12.3. The maximum absolute atomic E-state index is 13.3. The van der Waals surface area contributed by atoms with Crippen LogP contribution in [0.25, 0.3) is 27.8 Å². The molecule has 0 saturated heterocycles. The first kappa shape index (κ1) is 24.6. The van der Waals surface area contributed by atoms with Crippen LogP contribution < -0.4 is 10.3 Å². The lowest BCUT2D eigenvalue weighted by Gasteiger charge is -2.15. The predicted octanol–water partition coefficient (Wildman–Crippen LogP) is 4.34. The van der Waals surface area contributed by atoms with Gasteiger partial charge in [0.15, 0.2) is 5.15 Å². The van der Waals surface area contributed by atoms with Gasteiger partial charge in [0, 0.05) is 31.5 Å². The van der Waals surface area contributed by atoms with Crippen molar-refractivity contribution in [2.45, 2.75) is 6.18 Å². The highest BCUT2D eigenvalue weighted by molar-refractivity contribution is 7.90. The lowest BCUT2D eigenvalue weighted by atomic mass is 10.1. The van der Waals surface area contributed by atoms with E-state index < -0.39 is 27.5 Å². The number of fused-ring (bicyclic) bond motifs is 1. The standard InChI is InChI=1S/C22H17ClF3N5O3S/c1-30(2)35(33,34)29-18-8-14(11-28-21(18)23)13-6-7-17-19(9-13)31(20(32)12-27-17)16-5-3-4-15(10-16)22(24,25)26/h3-12,29H,1-2H3. The van der Waals surface area contributed by atoms with Gasteiger partial charge in [-0.1, -0.05) is 23.7 Å². The Morgan fingerprint density at radius 3 is 2.43 bits per heavy atom. The van der Waals surface area contributed by atoms with Gasteiger partial charge in [0.1, 0.15) is 0 Å².